The number of nitrogens with one attached hydrogen (secondary N) is 2. The molecule has 1 fully saturated rings. The number of hydrogen-bond acceptors (Lipinski definition) is 4. The fraction of sp³-hybridized carbons (Fsp3) is 0.417. The molecule has 1 aliphatic heterocycles. The molecule has 2 N–H and O–H groups in total. The average molecular weight is 335 g/mol. The Morgan fingerprint density at radius 1 is 1.45 bits per heavy atom. The smallest absolute Gasteiger partial charge is 0.171 e. The highest BCUT2D eigenvalue weighted by Crippen LogP contribution is 2.19. The van der Waals surface area contributed by atoms with Crippen molar-refractivity contribution in [3.8, 4) is 5.75 Å². The summed E-state index contributed by atoms with van der Waals surface area (Å²) in [7, 11) is -1.50. The molecule has 1 aromatic rings. The number of sulfone groups is 1. The van der Waals surface area contributed by atoms with Gasteiger partial charge in [0.1, 0.15) is 5.75 Å². The number of alkyl halides is 1. The molecule has 2 rings (SSSR count). The third-order valence-corrected chi connectivity index (χ3v) is 5.52. The number of hydrogen-bond donors (Lipinski definition) is 2. The minimum absolute atomic E-state index is 0.00109. The van der Waals surface area contributed by atoms with E-state index in [1.54, 1.807) is 13.2 Å². The number of anilines is 1. The summed E-state index contributed by atoms with van der Waals surface area (Å²) in [5.74, 6) is 0.686. The lowest BCUT2D eigenvalue weighted by molar-refractivity contribution is 0.415. The summed E-state index contributed by atoms with van der Waals surface area (Å²) in [6.45, 7) is 0. The van der Waals surface area contributed by atoms with Crippen LogP contribution >= 0.6 is 23.8 Å². The van der Waals surface area contributed by atoms with Crippen molar-refractivity contribution in [3.05, 3.63) is 24.3 Å². The standard InChI is InChI=1S/C12H15ClN2O3S2/c1-18-9-4-2-3-8(5-9)14-12(19)15-11-7-20(16,17)6-10(11)13/h2-5,10-11H,6-7H2,1H3,(H2,14,15,19). The van der Waals surface area contributed by atoms with Crippen LogP contribution in [0.1, 0.15) is 0 Å². The molecule has 1 aliphatic rings. The van der Waals surface area contributed by atoms with Crippen LogP contribution in [0.5, 0.6) is 5.75 Å². The van der Waals surface area contributed by atoms with E-state index in [0.717, 1.165) is 5.69 Å². The van der Waals surface area contributed by atoms with Crippen LogP contribution in [-0.2, 0) is 9.84 Å². The second-order valence-electron chi connectivity index (χ2n) is 4.53. The summed E-state index contributed by atoms with van der Waals surface area (Å²) in [5, 5.41) is 5.79. The van der Waals surface area contributed by atoms with Gasteiger partial charge in [0.2, 0.25) is 0 Å². The molecule has 2 unspecified atom stereocenters. The summed E-state index contributed by atoms with van der Waals surface area (Å²) >= 11 is 11.2. The first-order valence-corrected chi connectivity index (χ1v) is 8.62. The van der Waals surface area contributed by atoms with E-state index < -0.39 is 15.2 Å². The van der Waals surface area contributed by atoms with Gasteiger partial charge in [0, 0.05) is 11.8 Å². The predicted octanol–water partition coefficient (Wildman–Crippen LogP) is 1.39. The zero-order valence-electron chi connectivity index (χ0n) is 10.8. The maximum atomic E-state index is 11.5. The molecule has 0 aromatic heterocycles. The van der Waals surface area contributed by atoms with E-state index in [1.807, 2.05) is 18.2 Å². The molecule has 2 atom stereocenters. The van der Waals surface area contributed by atoms with Crippen molar-refractivity contribution < 1.29 is 13.2 Å². The van der Waals surface area contributed by atoms with E-state index in [9.17, 15) is 8.42 Å². The van der Waals surface area contributed by atoms with Crippen LogP contribution in [0.4, 0.5) is 5.69 Å². The molecule has 0 aliphatic carbocycles. The Bertz CT molecular complexity index is 606. The molecule has 0 amide bonds. The predicted molar refractivity (Wildman–Crippen MR) is 84.4 cm³/mol. The largest absolute Gasteiger partial charge is 0.497 e. The van der Waals surface area contributed by atoms with E-state index in [2.05, 4.69) is 10.6 Å². The SMILES string of the molecule is COc1cccc(NC(=S)NC2CS(=O)(=O)CC2Cl)c1. The summed E-state index contributed by atoms with van der Waals surface area (Å²) < 4.78 is 28.1. The third kappa shape index (κ3) is 3.97. The molecule has 0 bridgehead atoms. The minimum atomic E-state index is -3.08. The number of rotatable bonds is 3. The average Bonchev–Trinajstić information content (AvgIpc) is 2.62. The molecule has 0 radical (unpaired) electrons. The number of ether oxygens (including phenoxy) is 1. The molecular formula is C12H15ClN2O3S2. The van der Waals surface area contributed by atoms with Gasteiger partial charge in [-0.2, -0.15) is 0 Å². The van der Waals surface area contributed by atoms with Crippen molar-refractivity contribution in [2.24, 2.45) is 0 Å². The summed E-state index contributed by atoms with van der Waals surface area (Å²) in [6.07, 6.45) is 0. The summed E-state index contributed by atoms with van der Waals surface area (Å²) in [6, 6.07) is 6.90. The lowest BCUT2D eigenvalue weighted by Gasteiger charge is -2.17. The topological polar surface area (TPSA) is 67.4 Å². The maximum Gasteiger partial charge on any atom is 0.171 e. The van der Waals surface area contributed by atoms with Gasteiger partial charge in [0.25, 0.3) is 0 Å². The highest BCUT2D eigenvalue weighted by Gasteiger charge is 2.36. The zero-order valence-corrected chi connectivity index (χ0v) is 13.2. The lowest BCUT2D eigenvalue weighted by atomic mass is 10.2. The van der Waals surface area contributed by atoms with E-state index in [-0.39, 0.29) is 17.5 Å². The lowest BCUT2D eigenvalue weighted by Crippen LogP contribution is -2.42. The van der Waals surface area contributed by atoms with Gasteiger partial charge in [-0.25, -0.2) is 8.42 Å². The molecule has 1 aromatic carbocycles. The Labute approximate surface area is 128 Å². The Morgan fingerprint density at radius 2 is 2.20 bits per heavy atom. The van der Waals surface area contributed by atoms with Gasteiger partial charge in [0.05, 0.1) is 30.0 Å². The zero-order chi connectivity index (χ0) is 14.8. The van der Waals surface area contributed by atoms with Crippen molar-refractivity contribution in [3.63, 3.8) is 0 Å². The van der Waals surface area contributed by atoms with Gasteiger partial charge < -0.3 is 15.4 Å². The number of methoxy groups -OCH3 is 1. The maximum absolute atomic E-state index is 11.5. The van der Waals surface area contributed by atoms with Crippen molar-refractivity contribution >= 4 is 44.5 Å². The van der Waals surface area contributed by atoms with Crippen LogP contribution in [0.3, 0.4) is 0 Å². The molecule has 1 saturated heterocycles. The van der Waals surface area contributed by atoms with Crippen LogP contribution in [0.25, 0.3) is 0 Å². The van der Waals surface area contributed by atoms with E-state index in [1.165, 1.54) is 0 Å². The first-order valence-electron chi connectivity index (χ1n) is 5.96. The Kier molecular flexibility index (Phi) is 4.72. The summed E-state index contributed by atoms with van der Waals surface area (Å²) in [5.41, 5.74) is 0.758. The Balaban J connectivity index is 1.96. The van der Waals surface area contributed by atoms with Gasteiger partial charge in [-0.05, 0) is 24.4 Å². The van der Waals surface area contributed by atoms with Crippen LogP contribution < -0.4 is 15.4 Å². The highest BCUT2D eigenvalue weighted by molar-refractivity contribution is 7.91. The minimum Gasteiger partial charge on any atom is -0.497 e. The summed E-state index contributed by atoms with van der Waals surface area (Å²) in [4.78, 5) is 0. The molecule has 110 valence electrons. The number of thiocarbonyl (C=S) groups is 1. The quantitative estimate of drug-likeness (QED) is 0.643. The first kappa shape index (κ1) is 15.3. The molecule has 1 heterocycles. The molecule has 0 saturated carbocycles. The first-order chi connectivity index (χ1) is 9.39. The monoisotopic (exact) mass is 334 g/mol. The Hall–Kier alpha value is -1.05. The fourth-order valence-electron chi connectivity index (χ4n) is 1.97. The van der Waals surface area contributed by atoms with Gasteiger partial charge in [0.15, 0.2) is 14.9 Å². The van der Waals surface area contributed by atoms with E-state index in [0.29, 0.717) is 10.9 Å². The number of halogens is 1. The van der Waals surface area contributed by atoms with Crippen molar-refractivity contribution in [2.45, 2.75) is 11.4 Å². The Morgan fingerprint density at radius 3 is 2.80 bits per heavy atom. The second-order valence-corrected chi connectivity index (χ2v) is 7.65. The van der Waals surface area contributed by atoms with Crippen LogP contribution in [0.2, 0.25) is 0 Å². The molecule has 5 nitrogen and oxygen atoms in total. The van der Waals surface area contributed by atoms with Crippen molar-refractivity contribution in [1.82, 2.24) is 5.32 Å². The van der Waals surface area contributed by atoms with Gasteiger partial charge in [-0.1, -0.05) is 6.07 Å². The molecular weight excluding hydrogens is 320 g/mol. The molecule has 0 spiro atoms. The van der Waals surface area contributed by atoms with Gasteiger partial charge in [-0.3, -0.25) is 0 Å². The van der Waals surface area contributed by atoms with E-state index >= 15 is 0 Å². The second kappa shape index (κ2) is 6.15. The normalized spacial score (nSPS) is 24.1. The number of benzene rings is 1. The van der Waals surface area contributed by atoms with Gasteiger partial charge in [-0.15, -0.1) is 11.6 Å². The van der Waals surface area contributed by atoms with Crippen LogP contribution in [-0.4, -0.2) is 43.6 Å². The highest BCUT2D eigenvalue weighted by atomic mass is 35.5. The van der Waals surface area contributed by atoms with Crippen LogP contribution in [0.15, 0.2) is 24.3 Å². The van der Waals surface area contributed by atoms with Gasteiger partial charge >= 0.3 is 0 Å². The van der Waals surface area contributed by atoms with Crippen molar-refractivity contribution in [2.75, 3.05) is 23.9 Å². The molecule has 8 heteroatoms. The fourth-order valence-corrected chi connectivity index (χ4v) is 4.79. The van der Waals surface area contributed by atoms with Crippen LogP contribution in [0, 0.1) is 0 Å². The molecule has 20 heavy (non-hydrogen) atoms. The van der Waals surface area contributed by atoms with E-state index in [4.69, 9.17) is 28.6 Å². The third-order valence-electron chi connectivity index (χ3n) is 2.93. The van der Waals surface area contributed by atoms with Crippen molar-refractivity contribution in [1.29, 1.82) is 0 Å².